The van der Waals surface area contributed by atoms with Gasteiger partial charge in [0.1, 0.15) is 0 Å². The minimum atomic E-state index is 0.532. The minimum Gasteiger partial charge on any atom is -0.319 e. The molecule has 2 atom stereocenters. The van der Waals surface area contributed by atoms with Crippen LogP contribution in [0.25, 0.3) is 0 Å². The molecular weight excluding hydrogens is 248 g/mol. The van der Waals surface area contributed by atoms with Gasteiger partial charge in [-0.2, -0.15) is 5.10 Å². The van der Waals surface area contributed by atoms with Crippen molar-refractivity contribution in [3.05, 3.63) is 17.0 Å². The lowest BCUT2D eigenvalue weighted by Crippen LogP contribution is -2.42. The molecule has 2 heterocycles. The van der Waals surface area contributed by atoms with Crippen LogP contribution in [0.3, 0.4) is 0 Å². The number of hydrogen-bond donors (Lipinski definition) is 1. The van der Waals surface area contributed by atoms with Gasteiger partial charge in [-0.1, -0.05) is 6.92 Å². The van der Waals surface area contributed by atoms with Gasteiger partial charge in [0.15, 0.2) is 0 Å². The summed E-state index contributed by atoms with van der Waals surface area (Å²) in [5.74, 6) is 0.696. The van der Waals surface area contributed by atoms with Crippen LogP contribution in [0.4, 0.5) is 0 Å². The fourth-order valence-electron chi connectivity index (χ4n) is 3.80. The van der Waals surface area contributed by atoms with E-state index in [1.165, 1.54) is 49.3 Å². The molecule has 4 nitrogen and oxygen atoms in total. The van der Waals surface area contributed by atoms with Gasteiger partial charge in [-0.3, -0.25) is 9.58 Å². The molecule has 0 radical (unpaired) electrons. The van der Waals surface area contributed by atoms with E-state index in [1.807, 2.05) is 4.68 Å². The van der Waals surface area contributed by atoms with Crippen molar-refractivity contribution in [2.45, 2.75) is 46.1 Å². The SMILES string of the molecule is CCCN1CCCC(CNC)C1c1c(C)nn(C)c1C. The summed E-state index contributed by atoms with van der Waals surface area (Å²) in [6.07, 6.45) is 3.86. The topological polar surface area (TPSA) is 33.1 Å². The number of nitrogens with one attached hydrogen (secondary N) is 1. The van der Waals surface area contributed by atoms with Crippen LogP contribution in [0.5, 0.6) is 0 Å². The van der Waals surface area contributed by atoms with Crippen molar-refractivity contribution >= 4 is 0 Å². The van der Waals surface area contributed by atoms with E-state index < -0.39 is 0 Å². The van der Waals surface area contributed by atoms with Crippen LogP contribution < -0.4 is 5.32 Å². The van der Waals surface area contributed by atoms with E-state index in [0.29, 0.717) is 12.0 Å². The molecule has 1 N–H and O–H groups in total. The molecule has 0 bridgehead atoms. The Kier molecular flexibility index (Phi) is 5.22. The number of rotatable bonds is 5. The molecule has 1 aliphatic heterocycles. The first-order chi connectivity index (χ1) is 9.60. The van der Waals surface area contributed by atoms with Crippen LogP contribution in [0.15, 0.2) is 0 Å². The number of aryl methyl sites for hydroxylation is 2. The summed E-state index contributed by atoms with van der Waals surface area (Å²) in [7, 11) is 4.13. The fourth-order valence-corrected chi connectivity index (χ4v) is 3.80. The number of likely N-dealkylation sites (tertiary alicyclic amines) is 1. The normalized spacial score (nSPS) is 24.2. The Hall–Kier alpha value is -0.870. The number of hydrogen-bond acceptors (Lipinski definition) is 3. The van der Waals surface area contributed by atoms with Crippen LogP contribution >= 0.6 is 0 Å². The molecule has 0 spiro atoms. The average molecular weight is 278 g/mol. The van der Waals surface area contributed by atoms with Gasteiger partial charge in [0, 0.05) is 24.3 Å². The molecule has 2 unspecified atom stereocenters. The lowest BCUT2D eigenvalue weighted by molar-refractivity contribution is 0.0915. The molecule has 20 heavy (non-hydrogen) atoms. The first-order valence-corrected chi connectivity index (χ1v) is 7.98. The Labute approximate surface area is 123 Å². The van der Waals surface area contributed by atoms with Crippen molar-refractivity contribution in [1.82, 2.24) is 20.0 Å². The van der Waals surface area contributed by atoms with Gasteiger partial charge >= 0.3 is 0 Å². The molecule has 1 fully saturated rings. The number of nitrogens with zero attached hydrogens (tertiary/aromatic N) is 3. The van der Waals surface area contributed by atoms with E-state index in [0.717, 1.165) is 6.54 Å². The maximum atomic E-state index is 4.64. The molecule has 0 aliphatic carbocycles. The summed E-state index contributed by atoms with van der Waals surface area (Å²) in [5, 5.41) is 8.04. The largest absolute Gasteiger partial charge is 0.319 e. The Morgan fingerprint density at radius 2 is 2.10 bits per heavy atom. The first kappa shape index (κ1) is 15.5. The highest BCUT2D eigenvalue weighted by Crippen LogP contribution is 2.38. The molecule has 0 amide bonds. The summed E-state index contributed by atoms with van der Waals surface area (Å²) in [5.41, 5.74) is 4.01. The summed E-state index contributed by atoms with van der Waals surface area (Å²) in [6.45, 7) is 10.2. The molecule has 4 heteroatoms. The van der Waals surface area contributed by atoms with Crippen LogP contribution in [-0.4, -0.2) is 41.4 Å². The highest BCUT2D eigenvalue weighted by Gasteiger charge is 2.34. The Bertz CT molecular complexity index is 420. The maximum Gasteiger partial charge on any atom is 0.0644 e. The summed E-state index contributed by atoms with van der Waals surface area (Å²) < 4.78 is 2.04. The lowest BCUT2D eigenvalue weighted by atomic mass is 9.83. The van der Waals surface area contributed by atoms with Crippen LogP contribution in [0.1, 0.15) is 49.2 Å². The molecular formula is C16H30N4. The van der Waals surface area contributed by atoms with Gasteiger partial charge < -0.3 is 5.32 Å². The zero-order chi connectivity index (χ0) is 14.7. The molecule has 1 aliphatic rings. The number of piperidine rings is 1. The second-order valence-corrected chi connectivity index (χ2v) is 6.15. The fraction of sp³-hybridized carbons (Fsp3) is 0.812. The molecule has 1 saturated heterocycles. The van der Waals surface area contributed by atoms with Gasteiger partial charge in [-0.05, 0) is 65.7 Å². The lowest BCUT2D eigenvalue weighted by Gasteiger charge is -2.42. The molecule has 0 aromatic carbocycles. The summed E-state index contributed by atoms with van der Waals surface area (Å²) in [6, 6.07) is 0.532. The number of aromatic nitrogens is 2. The highest BCUT2D eigenvalue weighted by atomic mass is 15.3. The second kappa shape index (κ2) is 6.72. The van der Waals surface area contributed by atoms with E-state index in [4.69, 9.17) is 0 Å². The first-order valence-electron chi connectivity index (χ1n) is 7.98. The van der Waals surface area contributed by atoms with Crippen molar-refractivity contribution in [3.63, 3.8) is 0 Å². The monoisotopic (exact) mass is 278 g/mol. The third-order valence-corrected chi connectivity index (χ3v) is 4.70. The van der Waals surface area contributed by atoms with E-state index >= 15 is 0 Å². The van der Waals surface area contributed by atoms with Gasteiger partial charge in [-0.15, -0.1) is 0 Å². The second-order valence-electron chi connectivity index (χ2n) is 6.15. The molecule has 1 aromatic rings. The van der Waals surface area contributed by atoms with Crippen molar-refractivity contribution in [1.29, 1.82) is 0 Å². The summed E-state index contributed by atoms with van der Waals surface area (Å²) in [4.78, 5) is 2.68. The van der Waals surface area contributed by atoms with Crippen LogP contribution in [0, 0.1) is 19.8 Å². The smallest absolute Gasteiger partial charge is 0.0644 e. The van der Waals surface area contributed by atoms with Crippen molar-refractivity contribution in [2.24, 2.45) is 13.0 Å². The van der Waals surface area contributed by atoms with Gasteiger partial charge in [0.25, 0.3) is 0 Å². The van der Waals surface area contributed by atoms with Crippen molar-refractivity contribution in [2.75, 3.05) is 26.7 Å². The van der Waals surface area contributed by atoms with E-state index in [2.05, 4.69) is 50.2 Å². The maximum absolute atomic E-state index is 4.64. The molecule has 114 valence electrons. The minimum absolute atomic E-state index is 0.532. The Morgan fingerprint density at radius 1 is 1.35 bits per heavy atom. The van der Waals surface area contributed by atoms with E-state index in [1.54, 1.807) is 0 Å². The zero-order valence-corrected chi connectivity index (χ0v) is 13.7. The van der Waals surface area contributed by atoms with Crippen molar-refractivity contribution in [3.8, 4) is 0 Å². The van der Waals surface area contributed by atoms with Gasteiger partial charge in [0.2, 0.25) is 0 Å². The van der Waals surface area contributed by atoms with Crippen LogP contribution in [-0.2, 0) is 7.05 Å². The molecule has 2 rings (SSSR count). The standard InChI is InChI=1S/C16H30N4/c1-6-9-20-10-7-8-14(11-17-4)16(20)15-12(2)18-19(5)13(15)3/h14,16-17H,6-11H2,1-5H3. The summed E-state index contributed by atoms with van der Waals surface area (Å²) >= 11 is 0. The van der Waals surface area contributed by atoms with E-state index in [9.17, 15) is 0 Å². The highest BCUT2D eigenvalue weighted by molar-refractivity contribution is 5.29. The van der Waals surface area contributed by atoms with Crippen LogP contribution in [0.2, 0.25) is 0 Å². The van der Waals surface area contributed by atoms with E-state index in [-0.39, 0.29) is 0 Å². The average Bonchev–Trinajstić information content (AvgIpc) is 2.65. The predicted octanol–water partition coefficient (Wildman–Crippen LogP) is 2.42. The predicted molar refractivity (Wildman–Crippen MR) is 83.9 cm³/mol. The van der Waals surface area contributed by atoms with Gasteiger partial charge in [0.05, 0.1) is 5.69 Å². The Balaban J connectivity index is 2.37. The Morgan fingerprint density at radius 3 is 2.65 bits per heavy atom. The zero-order valence-electron chi connectivity index (χ0n) is 13.7. The van der Waals surface area contributed by atoms with Gasteiger partial charge in [-0.25, -0.2) is 0 Å². The molecule has 1 aromatic heterocycles. The third kappa shape index (κ3) is 2.91. The third-order valence-electron chi connectivity index (χ3n) is 4.70. The van der Waals surface area contributed by atoms with Crippen molar-refractivity contribution < 1.29 is 0 Å². The quantitative estimate of drug-likeness (QED) is 0.898. The molecule has 0 saturated carbocycles.